The molecule has 0 aromatic rings. The molecule has 0 aromatic heterocycles. The van der Waals surface area contributed by atoms with E-state index >= 15 is 0 Å². The molecule has 0 amide bonds. The highest BCUT2D eigenvalue weighted by atomic mass is 28.4. The molecule has 0 heterocycles. The van der Waals surface area contributed by atoms with Crippen LogP contribution in [-0.2, 0) is 4.43 Å². The van der Waals surface area contributed by atoms with Crippen molar-refractivity contribution in [2.24, 2.45) is 11.8 Å². The van der Waals surface area contributed by atoms with E-state index in [4.69, 9.17) is 4.43 Å². The summed E-state index contributed by atoms with van der Waals surface area (Å²) in [5.74, 6) is 1.07. The molecule has 1 unspecified atom stereocenters. The molecule has 0 radical (unpaired) electrons. The molecular formula is C14H30O2Si. The summed E-state index contributed by atoms with van der Waals surface area (Å²) in [7, 11) is -1.65. The second-order valence-electron chi connectivity index (χ2n) is 7.06. The molecule has 0 saturated heterocycles. The predicted molar refractivity (Wildman–Crippen MR) is 75.7 cm³/mol. The fourth-order valence-corrected chi connectivity index (χ4v) is 3.36. The van der Waals surface area contributed by atoms with Gasteiger partial charge in [0.1, 0.15) is 0 Å². The van der Waals surface area contributed by atoms with Crippen LogP contribution in [0.2, 0.25) is 18.1 Å². The van der Waals surface area contributed by atoms with Crippen molar-refractivity contribution in [3.05, 3.63) is 0 Å². The minimum Gasteiger partial charge on any atom is -0.416 e. The highest BCUT2D eigenvalue weighted by Gasteiger charge is 2.38. The van der Waals surface area contributed by atoms with Gasteiger partial charge in [0, 0.05) is 19.1 Å². The molecule has 0 bridgehead atoms. The lowest BCUT2D eigenvalue weighted by Crippen LogP contribution is -2.42. The molecule has 17 heavy (non-hydrogen) atoms. The summed E-state index contributed by atoms with van der Waals surface area (Å²) < 4.78 is 6.24. The number of aliphatic hydroxyl groups excluding tert-OH is 1. The molecule has 1 aliphatic carbocycles. The number of hydrogen-bond donors (Lipinski definition) is 1. The Bertz CT molecular complexity index is 227. The lowest BCUT2D eigenvalue weighted by atomic mass is 9.92. The third kappa shape index (κ3) is 4.07. The summed E-state index contributed by atoms with van der Waals surface area (Å²) in [4.78, 5) is 0. The van der Waals surface area contributed by atoms with Crippen LogP contribution in [-0.4, -0.2) is 26.6 Å². The van der Waals surface area contributed by atoms with Crippen LogP contribution in [0.3, 0.4) is 0 Å². The highest BCUT2D eigenvalue weighted by molar-refractivity contribution is 6.74. The minimum absolute atomic E-state index is 0.267. The van der Waals surface area contributed by atoms with Crippen molar-refractivity contribution < 1.29 is 9.53 Å². The summed E-state index contributed by atoms with van der Waals surface area (Å²) >= 11 is 0. The zero-order valence-corrected chi connectivity index (χ0v) is 13.3. The van der Waals surface area contributed by atoms with Crippen LogP contribution in [0.4, 0.5) is 0 Å². The second kappa shape index (κ2) is 5.85. The Morgan fingerprint density at radius 3 is 2.18 bits per heavy atom. The van der Waals surface area contributed by atoms with Gasteiger partial charge >= 0.3 is 0 Å². The quantitative estimate of drug-likeness (QED) is 0.760. The minimum atomic E-state index is -1.65. The molecular weight excluding hydrogens is 228 g/mol. The van der Waals surface area contributed by atoms with Gasteiger partial charge < -0.3 is 9.53 Å². The van der Waals surface area contributed by atoms with Crippen molar-refractivity contribution >= 4 is 8.32 Å². The van der Waals surface area contributed by atoms with Crippen LogP contribution in [0.5, 0.6) is 0 Å². The van der Waals surface area contributed by atoms with E-state index in [0.29, 0.717) is 18.4 Å². The molecule has 1 atom stereocenters. The van der Waals surface area contributed by atoms with Crippen LogP contribution >= 0.6 is 0 Å². The van der Waals surface area contributed by atoms with E-state index in [1.54, 1.807) is 0 Å². The summed E-state index contributed by atoms with van der Waals surface area (Å²) in [6.45, 7) is 12.4. The van der Waals surface area contributed by atoms with E-state index in [1.807, 2.05) is 0 Å². The second-order valence-corrected chi connectivity index (χ2v) is 11.9. The molecule has 0 aliphatic heterocycles. The lowest BCUT2D eigenvalue weighted by Gasteiger charge is -2.37. The molecule has 0 spiro atoms. The number of aliphatic hydroxyl groups is 1. The largest absolute Gasteiger partial charge is 0.416 e. The molecule has 2 nitrogen and oxygen atoms in total. The molecule has 1 rings (SSSR count). The molecule has 102 valence electrons. The van der Waals surface area contributed by atoms with Crippen LogP contribution < -0.4 is 0 Å². The van der Waals surface area contributed by atoms with Gasteiger partial charge in [-0.15, -0.1) is 0 Å². The monoisotopic (exact) mass is 258 g/mol. The fraction of sp³-hybridized carbons (Fsp3) is 1.00. The highest BCUT2D eigenvalue weighted by Crippen LogP contribution is 2.38. The first-order valence-corrected chi connectivity index (χ1v) is 9.93. The first-order chi connectivity index (χ1) is 7.78. The molecule has 1 aliphatic rings. The Labute approximate surface area is 108 Å². The average Bonchev–Trinajstić information content (AvgIpc) is 2.70. The molecule has 3 heteroatoms. The zero-order valence-electron chi connectivity index (χ0n) is 12.3. The van der Waals surface area contributed by atoms with E-state index < -0.39 is 8.32 Å². The maximum atomic E-state index is 9.52. The van der Waals surface area contributed by atoms with Crippen LogP contribution in [0.15, 0.2) is 0 Å². The first-order valence-electron chi connectivity index (χ1n) is 7.03. The predicted octanol–water partition coefficient (Wildman–Crippen LogP) is 3.81. The van der Waals surface area contributed by atoms with Gasteiger partial charge in [0.2, 0.25) is 0 Å². The van der Waals surface area contributed by atoms with E-state index in [-0.39, 0.29) is 5.04 Å². The van der Waals surface area contributed by atoms with Crippen molar-refractivity contribution in [1.82, 2.24) is 0 Å². The summed E-state index contributed by atoms with van der Waals surface area (Å²) in [6, 6.07) is 0. The maximum absolute atomic E-state index is 9.52. The Morgan fingerprint density at radius 2 is 1.76 bits per heavy atom. The third-order valence-corrected chi connectivity index (χ3v) is 9.27. The van der Waals surface area contributed by atoms with Crippen molar-refractivity contribution in [3.63, 3.8) is 0 Å². The molecule has 1 N–H and O–H groups in total. The van der Waals surface area contributed by atoms with Crippen molar-refractivity contribution in [2.75, 3.05) is 13.2 Å². The smallest absolute Gasteiger partial charge is 0.191 e. The Kier molecular flexibility index (Phi) is 5.23. The maximum Gasteiger partial charge on any atom is 0.191 e. The van der Waals surface area contributed by atoms with Gasteiger partial charge in [0.05, 0.1) is 0 Å². The zero-order chi connectivity index (χ0) is 13.1. The van der Waals surface area contributed by atoms with Gasteiger partial charge in [0.15, 0.2) is 8.32 Å². The van der Waals surface area contributed by atoms with Gasteiger partial charge in [-0.2, -0.15) is 0 Å². The average molecular weight is 258 g/mol. The van der Waals surface area contributed by atoms with E-state index in [2.05, 4.69) is 33.9 Å². The van der Waals surface area contributed by atoms with Gasteiger partial charge in [-0.3, -0.25) is 0 Å². The molecule has 1 fully saturated rings. The van der Waals surface area contributed by atoms with Crippen molar-refractivity contribution in [2.45, 2.75) is 64.6 Å². The first kappa shape index (κ1) is 15.2. The normalized spacial score (nSPS) is 20.8. The molecule has 0 aromatic carbocycles. The van der Waals surface area contributed by atoms with E-state index in [0.717, 1.165) is 6.61 Å². The summed E-state index contributed by atoms with van der Waals surface area (Å²) in [6.07, 6.45) is 5.24. The Morgan fingerprint density at radius 1 is 1.24 bits per heavy atom. The number of hydrogen-bond acceptors (Lipinski definition) is 2. The van der Waals surface area contributed by atoms with Gasteiger partial charge in [-0.05, 0) is 24.1 Å². The summed E-state index contributed by atoms with van der Waals surface area (Å²) in [5, 5.41) is 9.79. The van der Waals surface area contributed by atoms with Crippen LogP contribution in [0.25, 0.3) is 0 Å². The number of rotatable bonds is 5. The topological polar surface area (TPSA) is 29.5 Å². The Hall–Kier alpha value is 0.137. The molecule has 1 saturated carbocycles. The van der Waals surface area contributed by atoms with E-state index in [1.165, 1.54) is 25.7 Å². The third-order valence-electron chi connectivity index (χ3n) is 4.77. The Balaban J connectivity index is 2.47. The van der Waals surface area contributed by atoms with Gasteiger partial charge in [0.25, 0.3) is 0 Å². The van der Waals surface area contributed by atoms with Crippen LogP contribution in [0.1, 0.15) is 46.5 Å². The fourth-order valence-electron chi connectivity index (χ4n) is 2.30. The van der Waals surface area contributed by atoms with E-state index in [9.17, 15) is 5.11 Å². The van der Waals surface area contributed by atoms with Crippen LogP contribution in [0, 0.1) is 11.8 Å². The lowest BCUT2D eigenvalue weighted by molar-refractivity contribution is 0.112. The summed E-state index contributed by atoms with van der Waals surface area (Å²) in [5.41, 5.74) is 0. The van der Waals surface area contributed by atoms with Gasteiger partial charge in [-0.25, -0.2) is 0 Å². The van der Waals surface area contributed by atoms with Crippen molar-refractivity contribution in [3.8, 4) is 0 Å². The van der Waals surface area contributed by atoms with Gasteiger partial charge in [-0.1, -0.05) is 46.5 Å². The van der Waals surface area contributed by atoms with Crippen molar-refractivity contribution in [1.29, 1.82) is 0 Å². The standard InChI is InChI=1S/C14H30O2Si/c1-14(2,3)17(4,5)16-11-13(10-15)12-8-6-7-9-12/h12-13,15H,6-11H2,1-5H3. The SMILES string of the molecule is CC(C)(C)[Si](C)(C)OCC(CO)C1CCCC1.